The van der Waals surface area contributed by atoms with Gasteiger partial charge >= 0.3 is 19.3 Å². The van der Waals surface area contributed by atoms with Crippen molar-refractivity contribution in [2.75, 3.05) is 6.54 Å². The third kappa shape index (κ3) is 5.21. The highest BCUT2D eigenvalue weighted by Gasteiger charge is 2.51. The smallest absolute Gasteiger partial charge is 0.464 e. The number of carbonyl (C=O) groups is 2. The van der Waals surface area contributed by atoms with E-state index in [-0.39, 0.29) is 6.54 Å². The van der Waals surface area contributed by atoms with Gasteiger partial charge < -0.3 is 24.1 Å². The maximum atomic E-state index is 13.0. The maximum Gasteiger partial charge on any atom is 0.494 e. The average Bonchev–Trinajstić information content (AvgIpc) is 3.14. The van der Waals surface area contributed by atoms with Crippen molar-refractivity contribution in [1.82, 2.24) is 9.47 Å². The van der Waals surface area contributed by atoms with Crippen molar-refractivity contribution in [3.63, 3.8) is 0 Å². The first-order chi connectivity index (χ1) is 16.2. The zero-order valence-corrected chi connectivity index (χ0v) is 21.9. The summed E-state index contributed by atoms with van der Waals surface area (Å²) in [4.78, 5) is 27.0. The van der Waals surface area contributed by atoms with E-state index in [1.54, 1.807) is 11.0 Å². The van der Waals surface area contributed by atoms with Gasteiger partial charge in [-0.2, -0.15) is 0 Å². The van der Waals surface area contributed by atoms with Crippen LogP contribution in [0.25, 0.3) is 10.9 Å². The number of benzene rings is 1. The summed E-state index contributed by atoms with van der Waals surface area (Å²) >= 11 is 0. The van der Waals surface area contributed by atoms with Crippen LogP contribution >= 0.6 is 0 Å². The van der Waals surface area contributed by atoms with Crippen molar-refractivity contribution >= 4 is 35.7 Å². The van der Waals surface area contributed by atoms with Gasteiger partial charge in [-0.15, -0.1) is 0 Å². The van der Waals surface area contributed by atoms with Crippen LogP contribution in [0, 0.1) is 5.92 Å². The van der Waals surface area contributed by atoms with Crippen molar-refractivity contribution in [1.29, 1.82) is 0 Å². The number of rotatable bonds is 5. The van der Waals surface area contributed by atoms with E-state index in [0.29, 0.717) is 23.7 Å². The number of nitrogens with zero attached hydrogens (tertiary/aromatic N) is 2. The van der Waals surface area contributed by atoms with Crippen LogP contribution in [0.5, 0.6) is 0 Å². The SMILES string of the molecule is CC(C)(C)OC(=O)N(Cc1cc2ccc(B3OC(C)(C)C(C)(C)O3)cc2n1C(=O)O)CC1CCC1. The van der Waals surface area contributed by atoms with Crippen LogP contribution in [0.1, 0.15) is 73.4 Å². The van der Waals surface area contributed by atoms with E-state index in [1.165, 1.54) is 4.57 Å². The zero-order valence-electron chi connectivity index (χ0n) is 21.9. The first-order valence-electron chi connectivity index (χ1n) is 12.4. The normalized spacial score (nSPS) is 19.6. The molecule has 1 aliphatic heterocycles. The Bertz CT molecular complexity index is 1110. The molecule has 8 nitrogen and oxygen atoms in total. The Morgan fingerprint density at radius 2 is 1.77 bits per heavy atom. The molecule has 9 heteroatoms. The largest absolute Gasteiger partial charge is 0.494 e. The van der Waals surface area contributed by atoms with Crippen molar-refractivity contribution < 1.29 is 28.7 Å². The Morgan fingerprint density at radius 3 is 2.29 bits per heavy atom. The Hall–Kier alpha value is -2.52. The molecule has 1 amide bonds. The average molecular weight is 484 g/mol. The number of ether oxygens (including phenoxy) is 1. The van der Waals surface area contributed by atoms with Gasteiger partial charge in [0.25, 0.3) is 0 Å². The predicted molar refractivity (Wildman–Crippen MR) is 135 cm³/mol. The molecule has 0 radical (unpaired) electrons. The Balaban J connectivity index is 1.67. The summed E-state index contributed by atoms with van der Waals surface area (Å²) in [6.07, 6.45) is 1.76. The van der Waals surface area contributed by atoms with Crippen LogP contribution in [0.4, 0.5) is 9.59 Å². The molecule has 190 valence electrons. The summed E-state index contributed by atoms with van der Waals surface area (Å²) in [7, 11) is -0.595. The summed E-state index contributed by atoms with van der Waals surface area (Å²) in [6, 6.07) is 7.41. The molecule has 1 aliphatic carbocycles. The second-order valence-electron chi connectivity index (χ2n) is 11.8. The Morgan fingerprint density at radius 1 is 1.14 bits per heavy atom. The van der Waals surface area contributed by atoms with Gasteiger partial charge in [0.1, 0.15) is 5.60 Å². The van der Waals surface area contributed by atoms with Crippen molar-refractivity contribution in [3.05, 3.63) is 30.0 Å². The van der Waals surface area contributed by atoms with E-state index in [4.69, 9.17) is 14.0 Å². The van der Waals surface area contributed by atoms with Crippen LogP contribution in [-0.4, -0.2) is 57.2 Å². The second kappa shape index (κ2) is 8.85. The molecule has 0 bridgehead atoms. The van der Waals surface area contributed by atoms with E-state index in [0.717, 1.165) is 30.1 Å². The molecule has 1 aromatic heterocycles. The second-order valence-corrected chi connectivity index (χ2v) is 11.8. The molecule has 0 unspecified atom stereocenters. The molecule has 0 atom stereocenters. The standard InChI is InChI=1S/C26H37BN2O6/c1-24(2,3)33-23(32)28(15-17-9-8-10-17)16-20-13-18-11-12-19(14-21(18)29(20)22(30)31)27-34-25(4,5)26(6,7)35-27/h11-14,17H,8-10,15-16H2,1-7H3,(H,30,31). The van der Waals surface area contributed by atoms with Gasteiger partial charge in [0, 0.05) is 17.6 Å². The molecule has 35 heavy (non-hydrogen) atoms. The summed E-state index contributed by atoms with van der Waals surface area (Å²) in [5, 5.41) is 10.9. The van der Waals surface area contributed by atoms with Gasteiger partial charge in [-0.1, -0.05) is 18.6 Å². The predicted octanol–water partition coefficient (Wildman–Crippen LogP) is 5.00. The monoisotopic (exact) mass is 484 g/mol. The van der Waals surface area contributed by atoms with E-state index < -0.39 is 36.1 Å². The molecule has 1 saturated carbocycles. The van der Waals surface area contributed by atoms with Crippen molar-refractivity contribution in [2.24, 2.45) is 5.92 Å². The van der Waals surface area contributed by atoms with Gasteiger partial charge in [0.15, 0.2) is 0 Å². The Kier molecular flexibility index (Phi) is 6.47. The lowest BCUT2D eigenvalue weighted by Gasteiger charge is -2.33. The zero-order chi connectivity index (χ0) is 25.8. The molecule has 2 aliphatic rings. The lowest BCUT2D eigenvalue weighted by molar-refractivity contribution is 0.00578. The number of amides is 1. The fraction of sp³-hybridized carbons (Fsp3) is 0.615. The van der Waals surface area contributed by atoms with E-state index in [2.05, 4.69) is 0 Å². The van der Waals surface area contributed by atoms with Crippen molar-refractivity contribution in [2.45, 2.75) is 91.1 Å². The van der Waals surface area contributed by atoms with Crippen LogP contribution in [0.15, 0.2) is 24.3 Å². The molecule has 0 spiro atoms. The number of hydrogen-bond acceptors (Lipinski definition) is 5. The number of carboxylic acid groups (broad SMARTS) is 1. The molecular formula is C26H37BN2O6. The highest BCUT2D eigenvalue weighted by Crippen LogP contribution is 2.37. The molecular weight excluding hydrogens is 447 g/mol. The summed E-state index contributed by atoms with van der Waals surface area (Å²) < 4.78 is 19.2. The minimum Gasteiger partial charge on any atom is -0.464 e. The molecule has 2 heterocycles. The summed E-state index contributed by atoms with van der Waals surface area (Å²) in [6.45, 7) is 14.1. The van der Waals surface area contributed by atoms with Crippen LogP contribution in [0.3, 0.4) is 0 Å². The maximum absolute atomic E-state index is 13.0. The first kappa shape index (κ1) is 25.6. The number of carbonyl (C=O) groups excluding carboxylic acids is 1. The molecule has 2 aromatic rings. The van der Waals surface area contributed by atoms with Gasteiger partial charge in [0.2, 0.25) is 0 Å². The highest BCUT2D eigenvalue weighted by atomic mass is 16.7. The molecule has 4 rings (SSSR count). The van der Waals surface area contributed by atoms with Gasteiger partial charge in [-0.05, 0) is 84.8 Å². The number of hydrogen-bond donors (Lipinski definition) is 1. The Labute approximate surface area is 207 Å². The highest BCUT2D eigenvalue weighted by molar-refractivity contribution is 6.62. The topological polar surface area (TPSA) is 90.2 Å². The van der Waals surface area contributed by atoms with Crippen LogP contribution < -0.4 is 5.46 Å². The molecule has 1 aromatic carbocycles. The molecule has 2 fully saturated rings. The minimum absolute atomic E-state index is 0.151. The first-order valence-corrected chi connectivity index (χ1v) is 12.4. The quantitative estimate of drug-likeness (QED) is 0.601. The molecule has 1 saturated heterocycles. The third-order valence-corrected chi connectivity index (χ3v) is 7.33. The molecule has 1 N–H and O–H groups in total. The van der Waals surface area contributed by atoms with Crippen LogP contribution in [-0.2, 0) is 20.6 Å². The fourth-order valence-corrected chi connectivity index (χ4v) is 4.46. The van der Waals surface area contributed by atoms with E-state index >= 15 is 0 Å². The number of fused-ring (bicyclic) bond motifs is 1. The van der Waals surface area contributed by atoms with Gasteiger partial charge in [0.05, 0.1) is 23.3 Å². The van der Waals surface area contributed by atoms with E-state index in [9.17, 15) is 14.7 Å². The lowest BCUT2D eigenvalue weighted by Crippen LogP contribution is -2.41. The lowest BCUT2D eigenvalue weighted by atomic mass is 9.79. The minimum atomic E-state index is -1.10. The summed E-state index contributed by atoms with van der Waals surface area (Å²) in [5.41, 5.74) is 0.175. The third-order valence-electron chi connectivity index (χ3n) is 7.33. The fourth-order valence-electron chi connectivity index (χ4n) is 4.46. The van der Waals surface area contributed by atoms with E-state index in [1.807, 2.05) is 66.7 Å². The van der Waals surface area contributed by atoms with Gasteiger partial charge in [-0.3, -0.25) is 0 Å². The number of aromatic nitrogens is 1. The summed E-state index contributed by atoms with van der Waals surface area (Å²) in [5.74, 6) is 0.417. The van der Waals surface area contributed by atoms with Gasteiger partial charge in [-0.25, -0.2) is 14.2 Å². The van der Waals surface area contributed by atoms with Crippen molar-refractivity contribution in [3.8, 4) is 0 Å². The van der Waals surface area contributed by atoms with Crippen LogP contribution in [0.2, 0.25) is 0 Å².